The Hall–Kier alpha value is -2.58. The maximum absolute atomic E-state index is 6.05. The largest absolute Gasteiger partial charge is 0.378 e. The van der Waals surface area contributed by atoms with E-state index in [0.717, 1.165) is 23.1 Å². The molecule has 0 bridgehead atoms. The van der Waals surface area contributed by atoms with Gasteiger partial charge in [-0.25, -0.2) is 0 Å². The smallest absolute Gasteiger partial charge is 0.0718 e. The van der Waals surface area contributed by atoms with Crippen LogP contribution in [0.25, 0.3) is 0 Å². The summed E-state index contributed by atoms with van der Waals surface area (Å²) in [5.74, 6) is 0. The van der Waals surface area contributed by atoms with E-state index < -0.39 is 0 Å². The molecule has 0 saturated carbocycles. The highest BCUT2D eigenvalue weighted by atomic mass is 16.5. The third-order valence-corrected chi connectivity index (χ3v) is 6.43. The van der Waals surface area contributed by atoms with Crippen molar-refractivity contribution in [1.82, 2.24) is 0 Å². The molecule has 3 aromatic rings. The van der Waals surface area contributed by atoms with Crippen LogP contribution in [0.15, 0.2) is 91.0 Å². The summed E-state index contributed by atoms with van der Waals surface area (Å²) in [6, 6.07) is 30.5. The van der Waals surface area contributed by atoms with Crippen LogP contribution in [0.5, 0.6) is 0 Å². The Morgan fingerprint density at radius 3 is 0.974 bits per heavy atom. The SMILES string of the molecule is CCC(COCCOCc1ccccc1)(COCCOCc1ccccc1)COCCOCc1ccccc1. The first-order chi connectivity index (χ1) is 19.3. The normalized spacial score (nSPS) is 11.6. The van der Waals surface area contributed by atoms with Gasteiger partial charge in [0.25, 0.3) is 0 Å². The monoisotopic (exact) mass is 536 g/mol. The fourth-order valence-electron chi connectivity index (χ4n) is 3.94. The van der Waals surface area contributed by atoms with Crippen LogP contribution in [0, 0.1) is 5.41 Å². The second-order valence-corrected chi connectivity index (χ2v) is 9.63. The van der Waals surface area contributed by atoms with Gasteiger partial charge in [-0.15, -0.1) is 0 Å². The average molecular weight is 537 g/mol. The van der Waals surface area contributed by atoms with Crippen molar-refractivity contribution in [2.24, 2.45) is 5.41 Å². The number of benzene rings is 3. The molecule has 0 radical (unpaired) electrons. The van der Waals surface area contributed by atoms with Gasteiger partial charge in [-0.2, -0.15) is 0 Å². The van der Waals surface area contributed by atoms with E-state index in [0.29, 0.717) is 79.3 Å². The molecule has 0 amide bonds. The molecule has 0 aromatic heterocycles. The first-order valence-electron chi connectivity index (χ1n) is 13.9. The first-order valence-corrected chi connectivity index (χ1v) is 13.9. The highest BCUT2D eigenvalue weighted by molar-refractivity contribution is 5.14. The second-order valence-electron chi connectivity index (χ2n) is 9.63. The molecule has 0 aliphatic carbocycles. The van der Waals surface area contributed by atoms with Crippen LogP contribution in [0.1, 0.15) is 30.0 Å². The molecule has 6 heteroatoms. The summed E-state index contributed by atoms with van der Waals surface area (Å²) in [7, 11) is 0. The summed E-state index contributed by atoms with van der Waals surface area (Å²) in [6.07, 6.45) is 0.869. The average Bonchev–Trinajstić information content (AvgIpc) is 2.99. The van der Waals surface area contributed by atoms with Crippen molar-refractivity contribution >= 4 is 0 Å². The lowest BCUT2D eigenvalue weighted by Crippen LogP contribution is -2.38. The number of ether oxygens (including phenoxy) is 6. The molecule has 0 fully saturated rings. The Bertz CT molecular complexity index is 842. The third-order valence-electron chi connectivity index (χ3n) is 6.43. The molecule has 0 saturated heterocycles. The van der Waals surface area contributed by atoms with Crippen LogP contribution < -0.4 is 0 Å². The van der Waals surface area contributed by atoms with E-state index in [2.05, 4.69) is 43.3 Å². The lowest BCUT2D eigenvalue weighted by atomic mass is 9.88. The Morgan fingerprint density at radius 2 is 0.692 bits per heavy atom. The highest BCUT2D eigenvalue weighted by Gasteiger charge is 2.30. The molecule has 3 aromatic carbocycles. The molecular weight excluding hydrogens is 492 g/mol. The van der Waals surface area contributed by atoms with Gasteiger partial charge < -0.3 is 28.4 Å². The maximum Gasteiger partial charge on any atom is 0.0718 e. The number of rotatable bonds is 22. The number of hydrogen-bond donors (Lipinski definition) is 0. The molecule has 0 unspecified atom stereocenters. The van der Waals surface area contributed by atoms with Gasteiger partial charge in [-0.1, -0.05) is 97.9 Å². The Morgan fingerprint density at radius 1 is 0.410 bits per heavy atom. The Balaban J connectivity index is 1.36. The van der Waals surface area contributed by atoms with E-state index in [4.69, 9.17) is 28.4 Å². The molecule has 39 heavy (non-hydrogen) atoms. The molecule has 0 atom stereocenters. The van der Waals surface area contributed by atoms with Gasteiger partial charge in [0.1, 0.15) is 0 Å². The lowest BCUT2D eigenvalue weighted by Gasteiger charge is -2.32. The summed E-state index contributed by atoms with van der Waals surface area (Å²) in [4.78, 5) is 0. The summed E-state index contributed by atoms with van der Waals surface area (Å²) in [5, 5.41) is 0. The zero-order valence-corrected chi connectivity index (χ0v) is 23.3. The minimum atomic E-state index is -0.252. The van der Waals surface area contributed by atoms with Crippen molar-refractivity contribution in [3.8, 4) is 0 Å². The fraction of sp³-hybridized carbons (Fsp3) is 0.455. The fourth-order valence-corrected chi connectivity index (χ4v) is 3.94. The molecule has 212 valence electrons. The maximum atomic E-state index is 6.05. The van der Waals surface area contributed by atoms with Gasteiger partial charge in [0, 0.05) is 5.41 Å². The molecule has 0 heterocycles. The van der Waals surface area contributed by atoms with Crippen LogP contribution in [-0.2, 0) is 48.2 Å². The predicted molar refractivity (Wildman–Crippen MR) is 153 cm³/mol. The predicted octanol–water partition coefficient (Wildman–Crippen LogP) is 6.08. The molecular formula is C33H44O6. The van der Waals surface area contributed by atoms with Gasteiger partial charge in [-0.3, -0.25) is 0 Å². The minimum absolute atomic E-state index is 0.252. The molecule has 0 spiro atoms. The Labute approximate surface area is 234 Å². The molecule has 0 N–H and O–H groups in total. The lowest BCUT2D eigenvalue weighted by molar-refractivity contribution is -0.0906. The highest BCUT2D eigenvalue weighted by Crippen LogP contribution is 2.24. The molecule has 0 aliphatic heterocycles. The zero-order chi connectivity index (χ0) is 27.3. The molecule has 6 nitrogen and oxygen atoms in total. The van der Waals surface area contributed by atoms with Gasteiger partial charge in [0.05, 0.1) is 79.3 Å². The van der Waals surface area contributed by atoms with E-state index >= 15 is 0 Å². The van der Waals surface area contributed by atoms with Gasteiger partial charge in [0.15, 0.2) is 0 Å². The van der Waals surface area contributed by atoms with E-state index in [1.807, 2.05) is 54.6 Å². The third kappa shape index (κ3) is 13.4. The van der Waals surface area contributed by atoms with Crippen molar-refractivity contribution in [1.29, 1.82) is 0 Å². The van der Waals surface area contributed by atoms with Gasteiger partial charge >= 0.3 is 0 Å². The van der Waals surface area contributed by atoms with Crippen molar-refractivity contribution in [3.63, 3.8) is 0 Å². The van der Waals surface area contributed by atoms with E-state index in [9.17, 15) is 0 Å². The van der Waals surface area contributed by atoms with Crippen molar-refractivity contribution in [3.05, 3.63) is 108 Å². The standard InChI is InChI=1S/C33H44O6/c1-2-33(27-37-21-18-34-24-30-12-6-3-7-13-30,28-38-22-19-35-25-31-14-8-4-9-15-31)29-39-23-20-36-26-32-16-10-5-11-17-32/h3-17H,2,18-29H2,1H3. The summed E-state index contributed by atoms with van der Waals surface area (Å²) < 4.78 is 35.5. The van der Waals surface area contributed by atoms with Crippen LogP contribution >= 0.6 is 0 Å². The molecule has 0 aliphatic rings. The van der Waals surface area contributed by atoms with Crippen LogP contribution in [0.2, 0.25) is 0 Å². The summed E-state index contributed by atoms with van der Waals surface area (Å²) >= 11 is 0. The van der Waals surface area contributed by atoms with Crippen LogP contribution in [0.4, 0.5) is 0 Å². The Kier molecular flexibility index (Phi) is 15.5. The van der Waals surface area contributed by atoms with Crippen LogP contribution in [0.3, 0.4) is 0 Å². The van der Waals surface area contributed by atoms with E-state index in [1.54, 1.807) is 0 Å². The first kappa shape index (κ1) is 31.0. The molecule has 3 rings (SSSR count). The van der Waals surface area contributed by atoms with Crippen molar-refractivity contribution in [2.45, 2.75) is 33.2 Å². The topological polar surface area (TPSA) is 55.4 Å². The van der Waals surface area contributed by atoms with Crippen LogP contribution in [-0.4, -0.2) is 59.5 Å². The van der Waals surface area contributed by atoms with E-state index in [1.165, 1.54) is 0 Å². The van der Waals surface area contributed by atoms with E-state index in [-0.39, 0.29) is 5.41 Å². The van der Waals surface area contributed by atoms with Crippen molar-refractivity contribution < 1.29 is 28.4 Å². The second kappa shape index (κ2) is 19.5. The minimum Gasteiger partial charge on any atom is -0.378 e. The quantitative estimate of drug-likeness (QED) is 0.145. The number of hydrogen-bond acceptors (Lipinski definition) is 6. The summed E-state index contributed by atoms with van der Waals surface area (Å²) in [6.45, 7) is 8.70. The van der Waals surface area contributed by atoms with Crippen molar-refractivity contribution in [2.75, 3.05) is 59.5 Å². The summed E-state index contributed by atoms with van der Waals surface area (Å²) in [5.41, 5.74) is 3.22. The zero-order valence-electron chi connectivity index (χ0n) is 23.3. The van der Waals surface area contributed by atoms with Gasteiger partial charge in [0.2, 0.25) is 0 Å². The van der Waals surface area contributed by atoms with Gasteiger partial charge in [-0.05, 0) is 23.1 Å².